The van der Waals surface area contributed by atoms with Crippen LogP contribution in [0, 0.1) is 0 Å². The molecule has 0 aromatic carbocycles. The second kappa shape index (κ2) is 2.22. The van der Waals surface area contributed by atoms with E-state index in [1.807, 2.05) is 0 Å². The predicted octanol–water partition coefficient (Wildman–Crippen LogP) is 0.505. The fourth-order valence-corrected chi connectivity index (χ4v) is 1.13. The standard InChI is InChI=1S/C7H7BN2O/c8-10-3-6(4-11)9-7(10)5-1-2-5/h3-5H,1-2H2. The first-order valence-corrected chi connectivity index (χ1v) is 3.61. The Morgan fingerprint density at radius 2 is 2.45 bits per heavy atom. The number of nitrogens with zero attached hydrogens (tertiary/aromatic N) is 2. The lowest BCUT2D eigenvalue weighted by Crippen LogP contribution is -1.95. The van der Waals surface area contributed by atoms with E-state index in [0.717, 1.165) is 25.0 Å². The van der Waals surface area contributed by atoms with Crippen LogP contribution in [0.2, 0.25) is 0 Å². The number of aromatic nitrogens is 2. The van der Waals surface area contributed by atoms with Crippen LogP contribution in [0.15, 0.2) is 6.20 Å². The van der Waals surface area contributed by atoms with Gasteiger partial charge in [-0.15, -0.1) is 0 Å². The van der Waals surface area contributed by atoms with Gasteiger partial charge in [-0.3, -0.25) is 4.79 Å². The van der Waals surface area contributed by atoms with Crippen LogP contribution in [0.1, 0.15) is 35.1 Å². The summed E-state index contributed by atoms with van der Waals surface area (Å²) < 4.78 is 1.45. The molecule has 1 fully saturated rings. The largest absolute Gasteiger partial charge is 0.390 e. The van der Waals surface area contributed by atoms with E-state index in [9.17, 15) is 4.79 Å². The summed E-state index contributed by atoms with van der Waals surface area (Å²) in [7, 11) is 5.55. The number of hydrogen-bond donors (Lipinski definition) is 0. The minimum Gasteiger partial charge on any atom is -0.390 e. The summed E-state index contributed by atoms with van der Waals surface area (Å²) in [4.78, 5) is 14.3. The maximum atomic E-state index is 10.3. The van der Waals surface area contributed by atoms with Crippen molar-refractivity contribution in [2.24, 2.45) is 0 Å². The highest BCUT2D eigenvalue weighted by molar-refractivity contribution is 6.07. The smallest absolute Gasteiger partial charge is 0.235 e. The summed E-state index contributed by atoms with van der Waals surface area (Å²) >= 11 is 0. The van der Waals surface area contributed by atoms with Crippen LogP contribution in [0.4, 0.5) is 0 Å². The van der Waals surface area contributed by atoms with E-state index in [0.29, 0.717) is 11.6 Å². The molecule has 2 rings (SSSR count). The van der Waals surface area contributed by atoms with Gasteiger partial charge in [0.25, 0.3) is 0 Å². The normalized spacial score (nSPS) is 16.7. The Morgan fingerprint density at radius 3 is 2.91 bits per heavy atom. The van der Waals surface area contributed by atoms with Crippen molar-refractivity contribution in [2.75, 3.05) is 0 Å². The lowest BCUT2D eigenvalue weighted by atomic mass is 10.3. The first-order chi connectivity index (χ1) is 5.31. The highest BCUT2D eigenvalue weighted by Gasteiger charge is 2.27. The van der Waals surface area contributed by atoms with Crippen LogP contribution in [-0.2, 0) is 0 Å². The molecule has 2 radical (unpaired) electrons. The van der Waals surface area contributed by atoms with Gasteiger partial charge in [0, 0.05) is 12.1 Å². The van der Waals surface area contributed by atoms with Crippen molar-refractivity contribution in [3.63, 3.8) is 0 Å². The summed E-state index contributed by atoms with van der Waals surface area (Å²) in [6.45, 7) is 0. The van der Waals surface area contributed by atoms with E-state index in [1.54, 1.807) is 6.20 Å². The fourth-order valence-electron chi connectivity index (χ4n) is 1.13. The second-order valence-electron chi connectivity index (χ2n) is 2.82. The van der Waals surface area contributed by atoms with Crippen LogP contribution >= 0.6 is 0 Å². The number of hydrogen-bond acceptors (Lipinski definition) is 2. The first kappa shape index (κ1) is 6.64. The molecule has 1 heterocycles. The van der Waals surface area contributed by atoms with E-state index >= 15 is 0 Å². The SMILES string of the molecule is [B]n1cc(C=O)nc1C1CC1. The molecule has 3 nitrogen and oxygen atoms in total. The van der Waals surface area contributed by atoms with Crippen LogP contribution in [0.25, 0.3) is 0 Å². The van der Waals surface area contributed by atoms with Gasteiger partial charge >= 0.3 is 0 Å². The van der Waals surface area contributed by atoms with Crippen molar-refractivity contribution >= 4 is 14.3 Å². The zero-order chi connectivity index (χ0) is 7.84. The number of rotatable bonds is 2. The van der Waals surface area contributed by atoms with Crippen molar-refractivity contribution in [1.82, 2.24) is 9.46 Å². The van der Waals surface area contributed by atoms with Crippen molar-refractivity contribution in [3.05, 3.63) is 17.7 Å². The molecule has 0 N–H and O–H groups in total. The molecule has 54 valence electrons. The van der Waals surface area contributed by atoms with Crippen LogP contribution in [-0.4, -0.2) is 23.7 Å². The highest BCUT2D eigenvalue weighted by Crippen LogP contribution is 2.38. The van der Waals surface area contributed by atoms with Crippen LogP contribution in [0.5, 0.6) is 0 Å². The summed E-state index contributed by atoms with van der Waals surface area (Å²) in [6.07, 6.45) is 4.56. The van der Waals surface area contributed by atoms with Gasteiger partial charge in [0.15, 0.2) is 6.29 Å². The molecule has 0 spiro atoms. The van der Waals surface area contributed by atoms with Crippen LogP contribution in [0.3, 0.4) is 0 Å². The Morgan fingerprint density at radius 1 is 1.73 bits per heavy atom. The third kappa shape index (κ3) is 1.08. The Bertz CT molecular complexity index is 291. The summed E-state index contributed by atoms with van der Waals surface area (Å²) in [6, 6.07) is 0. The molecular formula is C7H7BN2O. The van der Waals surface area contributed by atoms with Crippen molar-refractivity contribution in [3.8, 4) is 0 Å². The molecule has 1 aliphatic carbocycles. The molecule has 1 aromatic heterocycles. The minimum absolute atomic E-state index is 0.425. The van der Waals surface area contributed by atoms with Crippen LogP contribution < -0.4 is 0 Å². The predicted molar refractivity (Wildman–Crippen MR) is 40.7 cm³/mol. The Balaban J connectivity index is 2.37. The third-order valence-electron chi connectivity index (χ3n) is 1.84. The van der Waals surface area contributed by atoms with E-state index in [-0.39, 0.29) is 0 Å². The van der Waals surface area contributed by atoms with Crippen molar-refractivity contribution < 1.29 is 4.79 Å². The lowest BCUT2D eigenvalue weighted by molar-refractivity contribution is 0.111. The van der Waals surface area contributed by atoms with E-state index < -0.39 is 0 Å². The molecule has 1 aromatic rings. The molecule has 0 aliphatic heterocycles. The van der Waals surface area contributed by atoms with Crippen molar-refractivity contribution in [1.29, 1.82) is 0 Å². The molecule has 11 heavy (non-hydrogen) atoms. The average Bonchev–Trinajstić information content (AvgIpc) is 2.76. The Hall–Kier alpha value is -1.06. The number of carbonyl (C=O) groups excluding carboxylic acids is 1. The quantitative estimate of drug-likeness (QED) is 0.449. The molecule has 0 unspecified atom stereocenters. The summed E-state index contributed by atoms with van der Waals surface area (Å²) in [5.74, 6) is 1.33. The van der Waals surface area contributed by atoms with Gasteiger partial charge in [-0.25, -0.2) is 4.98 Å². The van der Waals surface area contributed by atoms with E-state index in [1.165, 1.54) is 4.48 Å². The first-order valence-electron chi connectivity index (χ1n) is 3.61. The third-order valence-corrected chi connectivity index (χ3v) is 1.84. The van der Waals surface area contributed by atoms with Gasteiger partial charge in [-0.1, -0.05) is 0 Å². The van der Waals surface area contributed by atoms with Gasteiger partial charge < -0.3 is 4.48 Å². The molecule has 0 bridgehead atoms. The van der Waals surface area contributed by atoms with E-state index in [2.05, 4.69) is 4.98 Å². The topological polar surface area (TPSA) is 34.9 Å². The zero-order valence-electron chi connectivity index (χ0n) is 6.03. The van der Waals surface area contributed by atoms with E-state index in [4.69, 9.17) is 7.98 Å². The van der Waals surface area contributed by atoms with Gasteiger partial charge in [0.1, 0.15) is 5.69 Å². The summed E-state index contributed by atoms with van der Waals surface area (Å²) in [5.41, 5.74) is 0.425. The van der Waals surface area contributed by atoms with Gasteiger partial charge in [-0.05, 0) is 12.8 Å². The molecule has 0 atom stereocenters. The fraction of sp³-hybridized carbons (Fsp3) is 0.429. The molecule has 0 saturated heterocycles. The maximum absolute atomic E-state index is 10.3. The second-order valence-corrected chi connectivity index (χ2v) is 2.82. The average molecular weight is 146 g/mol. The Kier molecular flexibility index (Phi) is 1.34. The molecule has 1 saturated carbocycles. The van der Waals surface area contributed by atoms with Gasteiger partial charge in [-0.2, -0.15) is 0 Å². The molecule has 4 heteroatoms. The minimum atomic E-state index is 0.425. The summed E-state index contributed by atoms with van der Waals surface area (Å²) in [5, 5.41) is 0. The van der Waals surface area contributed by atoms with Gasteiger partial charge in [0.2, 0.25) is 7.98 Å². The zero-order valence-corrected chi connectivity index (χ0v) is 6.03. The molecule has 0 amide bonds. The number of imidazole rings is 1. The number of aldehydes is 1. The monoisotopic (exact) mass is 146 g/mol. The number of carbonyl (C=O) groups is 1. The highest BCUT2D eigenvalue weighted by atomic mass is 16.1. The molecule has 1 aliphatic rings. The van der Waals surface area contributed by atoms with Crippen molar-refractivity contribution in [2.45, 2.75) is 18.8 Å². The molecular weight excluding hydrogens is 139 g/mol. The maximum Gasteiger partial charge on any atom is 0.235 e. The van der Waals surface area contributed by atoms with Gasteiger partial charge in [0.05, 0.1) is 5.82 Å². The lowest BCUT2D eigenvalue weighted by Gasteiger charge is -1.95. The Labute approximate surface area is 65.9 Å².